The van der Waals surface area contributed by atoms with Crippen LogP contribution in [-0.4, -0.2) is 23.8 Å². The van der Waals surface area contributed by atoms with Crippen molar-refractivity contribution >= 4 is 39.9 Å². The maximum atomic E-state index is 13.8. The number of hydrogen-bond acceptors (Lipinski definition) is 3. The molecule has 3 amide bonds. The van der Waals surface area contributed by atoms with E-state index in [2.05, 4.69) is 5.32 Å². The van der Waals surface area contributed by atoms with Crippen molar-refractivity contribution in [2.45, 2.75) is 18.5 Å². The van der Waals surface area contributed by atoms with Crippen LogP contribution in [0, 0.1) is 11.8 Å². The molecular formula is C24H20N3O3+. The van der Waals surface area contributed by atoms with Crippen LogP contribution in [0.2, 0.25) is 0 Å². The molecule has 2 fully saturated rings. The fraction of sp³-hybridized carbons (Fsp3) is 0.208. The third-order valence-electron chi connectivity index (χ3n) is 6.94. The normalized spacial score (nSPS) is 29.6. The smallest absolute Gasteiger partial charge is 0.291 e. The van der Waals surface area contributed by atoms with Crippen LogP contribution in [0.5, 0.6) is 0 Å². The van der Waals surface area contributed by atoms with E-state index in [-0.39, 0.29) is 23.8 Å². The molecule has 0 saturated carbocycles. The Hall–Kier alpha value is -3.51. The molecule has 3 aliphatic rings. The number of benzene rings is 3. The number of nitrogens with zero attached hydrogens (tertiary/aromatic N) is 1. The molecule has 3 aromatic carbocycles. The van der Waals surface area contributed by atoms with Crippen LogP contribution in [0.25, 0.3) is 10.8 Å². The summed E-state index contributed by atoms with van der Waals surface area (Å²) in [6, 6.07) is 20.6. The minimum Gasteiger partial charge on any atom is -0.326 e. The molecule has 0 bridgehead atoms. The Bertz CT molecular complexity index is 1260. The number of rotatable bonds is 1. The molecule has 2 saturated heterocycles. The van der Waals surface area contributed by atoms with Gasteiger partial charge in [0.1, 0.15) is 11.8 Å². The van der Waals surface area contributed by atoms with Crippen LogP contribution >= 0.6 is 0 Å². The summed E-state index contributed by atoms with van der Waals surface area (Å²) in [7, 11) is 0. The topological polar surface area (TPSA) is 83.1 Å². The molecule has 3 heterocycles. The molecular weight excluding hydrogens is 378 g/mol. The lowest BCUT2D eigenvalue weighted by Crippen LogP contribution is -2.98. The van der Waals surface area contributed by atoms with Gasteiger partial charge in [-0.2, -0.15) is 0 Å². The number of carbonyl (C=O) groups excluding carboxylic acids is 3. The quantitative estimate of drug-likeness (QED) is 0.613. The number of nitrogens with one attached hydrogen (secondary N) is 1. The van der Waals surface area contributed by atoms with Gasteiger partial charge in [0.2, 0.25) is 17.4 Å². The lowest BCUT2D eigenvalue weighted by Gasteiger charge is -2.26. The highest BCUT2D eigenvalue weighted by Gasteiger charge is 2.73. The van der Waals surface area contributed by atoms with Crippen molar-refractivity contribution in [3.05, 3.63) is 72.3 Å². The monoisotopic (exact) mass is 398 g/mol. The van der Waals surface area contributed by atoms with Crippen molar-refractivity contribution in [1.29, 1.82) is 0 Å². The average molecular weight is 398 g/mol. The van der Waals surface area contributed by atoms with Crippen LogP contribution in [0.4, 0.5) is 11.4 Å². The van der Waals surface area contributed by atoms with Gasteiger partial charge in [-0.15, -0.1) is 0 Å². The first-order chi connectivity index (χ1) is 14.5. The van der Waals surface area contributed by atoms with Gasteiger partial charge in [0.15, 0.2) is 0 Å². The minimum atomic E-state index is -1.10. The molecule has 148 valence electrons. The summed E-state index contributed by atoms with van der Waals surface area (Å²) in [6.45, 7) is 1.93. The molecule has 1 spiro atoms. The van der Waals surface area contributed by atoms with Gasteiger partial charge in [0.25, 0.3) is 5.91 Å². The molecule has 3 N–H and O–H groups in total. The van der Waals surface area contributed by atoms with Gasteiger partial charge in [-0.3, -0.25) is 14.4 Å². The summed E-state index contributed by atoms with van der Waals surface area (Å²) in [4.78, 5) is 41.9. The standard InChI is InChI=1S/C24H19N3O3/c1-13-19-20(24(26-13)16-10-4-5-11-17(16)25-23(24)30)22(29)27(21(19)28)18-12-6-8-14-7-2-3-9-15(14)18/h2-13,19-20,26H,1H3,(H,25,30)/p+1/t13-,19+,20-,24-/m0/s1. The number of anilines is 2. The van der Waals surface area contributed by atoms with Gasteiger partial charge in [-0.05, 0) is 24.4 Å². The second-order valence-corrected chi connectivity index (χ2v) is 8.41. The molecule has 0 unspecified atom stereocenters. The molecule has 6 rings (SSSR count). The highest BCUT2D eigenvalue weighted by Crippen LogP contribution is 2.50. The highest BCUT2D eigenvalue weighted by molar-refractivity contribution is 6.27. The number of nitrogens with two attached hydrogens (primary N) is 1. The van der Waals surface area contributed by atoms with Gasteiger partial charge >= 0.3 is 0 Å². The second-order valence-electron chi connectivity index (χ2n) is 8.41. The Morgan fingerprint density at radius 2 is 1.63 bits per heavy atom. The van der Waals surface area contributed by atoms with E-state index in [0.717, 1.165) is 22.0 Å². The van der Waals surface area contributed by atoms with Crippen molar-refractivity contribution < 1.29 is 19.7 Å². The molecule has 6 nitrogen and oxygen atoms in total. The van der Waals surface area contributed by atoms with Crippen molar-refractivity contribution in [1.82, 2.24) is 0 Å². The minimum absolute atomic E-state index is 0.191. The van der Waals surface area contributed by atoms with Crippen LogP contribution in [-0.2, 0) is 19.9 Å². The van der Waals surface area contributed by atoms with E-state index >= 15 is 0 Å². The average Bonchev–Trinajstić information content (AvgIpc) is 3.32. The SMILES string of the molecule is C[C@@H]1[NH2+][C@]2(C(=O)Nc3ccccc32)[C@@H]2C(=O)N(c3cccc4ccccc34)C(=O)[C@H]12. The zero-order valence-electron chi connectivity index (χ0n) is 16.3. The molecule has 6 heteroatoms. The highest BCUT2D eigenvalue weighted by atomic mass is 16.2. The summed E-state index contributed by atoms with van der Waals surface area (Å²) in [6.07, 6.45) is 0. The molecule has 0 aliphatic carbocycles. The number of quaternary nitrogens is 1. The zero-order chi connectivity index (χ0) is 20.6. The first-order valence-corrected chi connectivity index (χ1v) is 10.2. The number of para-hydroxylation sites is 1. The molecule has 0 aromatic heterocycles. The Morgan fingerprint density at radius 3 is 2.50 bits per heavy atom. The van der Waals surface area contributed by atoms with Crippen molar-refractivity contribution in [3.63, 3.8) is 0 Å². The maximum absolute atomic E-state index is 13.8. The summed E-state index contributed by atoms with van der Waals surface area (Å²) in [5.74, 6) is -2.02. The summed E-state index contributed by atoms with van der Waals surface area (Å²) >= 11 is 0. The van der Waals surface area contributed by atoms with Gasteiger partial charge < -0.3 is 10.6 Å². The van der Waals surface area contributed by atoms with Gasteiger partial charge in [0.05, 0.1) is 17.4 Å². The number of carbonyl (C=O) groups is 3. The third kappa shape index (κ3) is 1.94. The van der Waals surface area contributed by atoms with Crippen molar-refractivity contribution in [2.24, 2.45) is 11.8 Å². The van der Waals surface area contributed by atoms with Crippen LogP contribution in [0.3, 0.4) is 0 Å². The lowest BCUT2D eigenvalue weighted by atomic mass is 9.76. The van der Waals surface area contributed by atoms with Crippen molar-refractivity contribution in [2.75, 3.05) is 10.2 Å². The summed E-state index contributed by atoms with van der Waals surface area (Å²) in [5.41, 5.74) is 0.990. The predicted octanol–water partition coefficient (Wildman–Crippen LogP) is 1.76. The van der Waals surface area contributed by atoms with E-state index < -0.39 is 17.4 Å². The van der Waals surface area contributed by atoms with Gasteiger partial charge in [-0.25, -0.2) is 4.90 Å². The Labute approximate surface area is 172 Å². The third-order valence-corrected chi connectivity index (χ3v) is 6.94. The number of imide groups is 1. The molecule has 3 aromatic rings. The number of amides is 3. The molecule has 0 radical (unpaired) electrons. The number of fused-ring (bicyclic) bond motifs is 5. The van der Waals surface area contributed by atoms with E-state index in [0.29, 0.717) is 5.69 Å². The molecule has 4 atom stereocenters. The first kappa shape index (κ1) is 17.4. The van der Waals surface area contributed by atoms with E-state index in [9.17, 15) is 14.4 Å². The zero-order valence-corrected chi connectivity index (χ0v) is 16.3. The molecule has 3 aliphatic heterocycles. The summed E-state index contributed by atoms with van der Waals surface area (Å²) < 4.78 is 0. The Kier molecular flexibility index (Phi) is 3.34. The van der Waals surface area contributed by atoms with Crippen LogP contribution in [0.15, 0.2) is 66.7 Å². The second kappa shape index (κ2) is 5.77. The van der Waals surface area contributed by atoms with Crippen molar-refractivity contribution in [3.8, 4) is 0 Å². The Morgan fingerprint density at radius 1 is 0.900 bits per heavy atom. The first-order valence-electron chi connectivity index (χ1n) is 10.2. The lowest BCUT2D eigenvalue weighted by molar-refractivity contribution is -0.730. The van der Waals surface area contributed by atoms with Crippen LogP contribution in [0.1, 0.15) is 12.5 Å². The van der Waals surface area contributed by atoms with E-state index in [4.69, 9.17) is 0 Å². The fourth-order valence-electron chi connectivity index (χ4n) is 5.74. The van der Waals surface area contributed by atoms with Crippen LogP contribution < -0.4 is 15.5 Å². The van der Waals surface area contributed by atoms with Gasteiger partial charge in [0, 0.05) is 10.9 Å². The summed E-state index contributed by atoms with van der Waals surface area (Å²) in [5, 5.41) is 6.66. The van der Waals surface area contributed by atoms with E-state index in [1.165, 1.54) is 4.90 Å². The molecule has 30 heavy (non-hydrogen) atoms. The van der Waals surface area contributed by atoms with Gasteiger partial charge in [-0.1, -0.05) is 54.6 Å². The van der Waals surface area contributed by atoms with E-state index in [1.807, 2.05) is 79.0 Å². The predicted molar refractivity (Wildman–Crippen MR) is 112 cm³/mol. The number of hydrogen-bond donors (Lipinski definition) is 2. The van der Waals surface area contributed by atoms with E-state index in [1.54, 1.807) is 0 Å². The maximum Gasteiger partial charge on any atom is 0.291 e. The Balaban J connectivity index is 1.54. The largest absolute Gasteiger partial charge is 0.326 e. The fourth-order valence-corrected chi connectivity index (χ4v) is 5.74.